The number of rotatable bonds is 16. The minimum atomic E-state index is 0.000580. The van der Waals surface area contributed by atoms with E-state index >= 15 is 0 Å². The zero-order chi connectivity index (χ0) is 22.4. The second-order valence-corrected chi connectivity index (χ2v) is 6.23. The lowest BCUT2D eigenvalue weighted by atomic mass is 10.2. The molecule has 3 nitrogen and oxygen atoms in total. The van der Waals surface area contributed by atoms with Crippen LogP contribution >= 0.6 is 12.6 Å². The van der Waals surface area contributed by atoms with Gasteiger partial charge >= 0.3 is 0 Å². The van der Waals surface area contributed by atoms with Gasteiger partial charge in [0.1, 0.15) is 0 Å². The number of aliphatic hydroxyl groups is 1. The van der Waals surface area contributed by atoms with Crippen molar-refractivity contribution in [3.8, 4) is 0 Å². The fourth-order valence-corrected chi connectivity index (χ4v) is 2.31. The first kappa shape index (κ1) is 32.4. The van der Waals surface area contributed by atoms with Crippen LogP contribution in [-0.2, 0) is 4.79 Å². The summed E-state index contributed by atoms with van der Waals surface area (Å²) in [7, 11) is 0. The van der Waals surface area contributed by atoms with E-state index in [4.69, 9.17) is 5.11 Å². The molecule has 0 aliphatic carbocycles. The predicted octanol–water partition coefficient (Wildman–Crippen LogP) is 6.81. The van der Waals surface area contributed by atoms with E-state index in [1.54, 1.807) is 0 Å². The molecule has 0 aromatic rings. The summed E-state index contributed by atoms with van der Waals surface area (Å²) >= 11 is 4.20. The fraction of sp³-hybridized carbons (Fsp3) is 0.640. The van der Waals surface area contributed by atoms with Crippen LogP contribution < -0.4 is 5.32 Å². The monoisotopic (exact) mass is 425 g/mol. The van der Waals surface area contributed by atoms with Crippen LogP contribution in [0.1, 0.15) is 85.5 Å². The van der Waals surface area contributed by atoms with E-state index < -0.39 is 0 Å². The van der Waals surface area contributed by atoms with Crippen LogP contribution in [0.5, 0.6) is 0 Å². The van der Waals surface area contributed by atoms with Gasteiger partial charge in [0, 0.05) is 13.0 Å². The molecule has 0 unspecified atom stereocenters. The molecule has 0 aliphatic heterocycles. The number of aliphatic hydroxyl groups excluding tert-OH is 1. The van der Waals surface area contributed by atoms with E-state index in [9.17, 15) is 4.79 Å². The molecule has 1 amide bonds. The molecular formula is C25H47NO2S. The van der Waals surface area contributed by atoms with Crippen molar-refractivity contribution >= 4 is 18.5 Å². The van der Waals surface area contributed by atoms with Crippen molar-refractivity contribution in [2.24, 2.45) is 0 Å². The average molecular weight is 426 g/mol. The molecule has 29 heavy (non-hydrogen) atoms. The Morgan fingerprint density at radius 2 is 1.21 bits per heavy atom. The highest BCUT2D eigenvalue weighted by Gasteiger charge is 1.97. The van der Waals surface area contributed by atoms with Crippen molar-refractivity contribution in [2.45, 2.75) is 85.5 Å². The first-order chi connectivity index (χ1) is 14.3. The fourth-order valence-electron chi connectivity index (χ4n) is 2.09. The van der Waals surface area contributed by atoms with Crippen molar-refractivity contribution < 1.29 is 9.90 Å². The lowest BCUT2D eigenvalue weighted by molar-refractivity contribution is -0.121. The van der Waals surface area contributed by atoms with Crippen LogP contribution in [0.2, 0.25) is 0 Å². The number of allylic oxidation sites excluding steroid dienone is 8. The Balaban J connectivity index is -0.00000158. The normalized spacial score (nSPS) is 11.0. The van der Waals surface area contributed by atoms with Crippen LogP contribution in [0.3, 0.4) is 0 Å². The van der Waals surface area contributed by atoms with Gasteiger partial charge in [-0.1, -0.05) is 76.3 Å². The third-order valence-electron chi connectivity index (χ3n) is 3.47. The number of unbranched alkanes of at least 4 members (excludes halogenated alkanes) is 3. The van der Waals surface area contributed by atoms with E-state index in [-0.39, 0.29) is 12.5 Å². The van der Waals surface area contributed by atoms with Crippen molar-refractivity contribution in [3.05, 3.63) is 48.6 Å². The molecule has 0 saturated carbocycles. The van der Waals surface area contributed by atoms with Crippen molar-refractivity contribution in [2.75, 3.05) is 18.9 Å². The maximum absolute atomic E-state index is 11.3. The predicted molar refractivity (Wildman–Crippen MR) is 135 cm³/mol. The maximum Gasteiger partial charge on any atom is 0.220 e. The van der Waals surface area contributed by atoms with E-state index in [0.29, 0.717) is 13.0 Å². The Morgan fingerprint density at radius 1 is 0.759 bits per heavy atom. The second kappa shape index (κ2) is 34.3. The number of hydrogen-bond acceptors (Lipinski definition) is 3. The molecule has 170 valence electrons. The summed E-state index contributed by atoms with van der Waals surface area (Å²) in [6, 6.07) is 0. The molecule has 0 aliphatic rings. The van der Waals surface area contributed by atoms with Crippen molar-refractivity contribution in [3.63, 3.8) is 0 Å². The third-order valence-corrected chi connectivity index (χ3v) is 3.79. The molecule has 0 heterocycles. The highest BCUT2D eigenvalue weighted by molar-refractivity contribution is 7.80. The Kier molecular flexibility index (Phi) is 38.3. The molecule has 0 aromatic heterocycles. The number of carbonyl (C=O) groups is 1. The summed E-state index contributed by atoms with van der Waals surface area (Å²) in [6.07, 6.45) is 26.3. The molecule has 0 aromatic carbocycles. The zero-order valence-electron chi connectivity index (χ0n) is 19.4. The largest absolute Gasteiger partial charge is 0.395 e. The summed E-state index contributed by atoms with van der Waals surface area (Å²) in [4.78, 5) is 11.3. The van der Waals surface area contributed by atoms with Gasteiger partial charge < -0.3 is 10.4 Å². The van der Waals surface area contributed by atoms with Gasteiger partial charge in [0.2, 0.25) is 5.91 Å². The minimum Gasteiger partial charge on any atom is -0.395 e. The Labute approximate surface area is 186 Å². The SMILES string of the molecule is CC.CC.O=C(CCC/C=C\C/C=C\C/C=C\C/C=C\CCCCS)NCCO. The number of nitrogens with one attached hydrogen (secondary N) is 1. The molecule has 0 fully saturated rings. The van der Waals surface area contributed by atoms with E-state index in [1.807, 2.05) is 27.7 Å². The van der Waals surface area contributed by atoms with Gasteiger partial charge in [-0.15, -0.1) is 0 Å². The maximum atomic E-state index is 11.3. The zero-order valence-corrected chi connectivity index (χ0v) is 20.3. The number of thiol groups is 1. The molecule has 0 spiro atoms. The average Bonchev–Trinajstić information content (AvgIpc) is 2.77. The first-order valence-electron chi connectivity index (χ1n) is 11.4. The van der Waals surface area contributed by atoms with Crippen LogP contribution in [0.4, 0.5) is 0 Å². The molecule has 0 rings (SSSR count). The van der Waals surface area contributed by atoms with Crippen molar-refractivity contribution in [1.82, 2.24) is 5.32 Å². The number of carbonyl (C=O) groups excluding carboxylic acids is 1. The lowest BCUT2D eigenvalue weighted by Crippen LogP contribution is -2.25. The molecule has 0 bridgehead atoms. The third kappa shape index (κ3) is 34.6. The van der Waals surface area contributed by atoms with E-state index in [0.717, 1.165) is 44.3 Å². The molecule has 0 saturated heterocycles. The van der Waals surface area contributed by atoms with E-state index in [1.165, 1.54) is 12.8 Å². The summed E-state index contributed by atoms with van der Waals surface area (Å²) in [5, 5.41) is 11.2. The standard InChI is InChI=1S/C21H35NO2S.2C2H6/c23-19-18-22-21(24)17-15-13-11-9-7-5-3-1-2-4-6-8-10-12-14-16-20-25;2*1-2/h2-5,8-11,23,25H,1,6-7,12-20H2,(H,22,24);2*1-2H3/b4-2-,5-3-,10-8-,11-9-;;. The molecule has 4 heteroatoms. The van der Waals surface area contributed by atoms with Gasteiger partial charge in [-0.25, -0.2) is 0 Å². The number of amides is 1. The first-order valence-corrected chi connectivity index (χ1v) is 12.0. The van der Waals surface area contributed by atoms with Gasteiger partial charge in [0.25, 0.3) is 0 Å². The van der Waals surface area contributed by atoms with E-state index in [2.05, 4.69) is 66.6 Å². The van der Waals surface area contributed by atoms with Gasteiger partial charge in [-0.05, 0) is 57.1 Å². The topological polar surface area (TPSA) is 49.3 Å². The molecular weight excluding hydrogens is 378 g/mol. The number of hydrogen-bond donors (Lipinski definition) is 3. The van der Waals surface area contributed by atoms with Gasteiger partial charge in [-0.2, -0.15) is 12.6 Å². The van der Waals surface area contributed by atoms with Gasteiger partial charge in [-0.3, -0.25) is 4.79 Å². The Hall–Kier alpha value is -1.26. The summed E-state index contributed by atoms with van der Waals surface area (Å²) in [5.41, 5.74) is 0. The Bertz CT molecular complexity index is 415. The highest BCUT2D eigenvalue weighted by atomic mass is 32.1. The quantitative estimate of drug-likeness (QED) is 0.144. The van der Waals surface area contributed by atoms with Crippen molar-refractivity contribution in [1.29, 1.82) is 0 Å². The van der Waals surface area contributed by atoms with Gasteiger partial charge in [0.15, 0.2) is 0 Å². The smallest absolute Gasteiger partial charge is 0.220 e. The summed E-state index contributed by atoms with van der Waals surface area (Å²) in [6.45, 7) is 8.35. The molecule has 2 N–H and O–H groups in total. The van der Waals surface area contributed by atoms with Crippen LogP contribution in [0, 0.1) is 0 Å². The van der Waals surface area contributed by atoms with Crippen LogP contribution in [0.25, 0.3) is 0 Å². The minimum absolute atomic E-state index is 0.000580. The second-order valence-electron chi connectivity index (χ2n) is 5.78. The highest BCUT2D eigenvalue weighted by Crippen LogP contribution is 2.00. The molecule has 0 radical (unpaired) electrons. The summed E-state index contributed by atoms with van der Waals surface area (Å²) in [5.74, 6) is 0.999. The van der Waals surface area contributed by atoms with Crippen LogP contribution in [0.15, 0.2) is 48.6 Å². The van der Waals surface area contributed by atoms with Crippen LogP contribution in [-0.4, -0.2) is 29.9 Å². The Morgan fingerprint density at radius 3 is 1.66 bits per heavy atom. The molecule has 0 atom stereocenters. The van der Waals surface area contributed by atoms with Gasteiger partial charge in [0.05, 0.1) is 6.61 Å². The lowest BCUT2D eigenvalue weighted by Gasteiger charge is -2.00. The summed E-state index contributed by atoms with van der Waals surface area (Å²) < 4.78 is 0.